The van der Waals surface area contributed by atoms with Crippen molar-refractivity contribution < 1.29 is 9.53 Å². The summed E-state index contributed by atoms with van der Waals surface area (Å²) < 4.78 is 6.38. The highest BCUT2D eigenvalue weighted by Crippen LogP contribution is 2.40. The normalized spacial score (nSPS) is 15.4. The van der Waals surface area contributed by atoms with Gasteiger partial charge in [0.15, 0.2) is 0 Å². The molecule has 0 aromatic heterocycles. The number of rotatable bonds is 11. The van der Waals surface area contributed by atoms with Crippen LogP contribution in [-0.2, 0) is 0 Å². The standard InChI is InChI=1S/C29H36N2O2/c1-3-5-7-8-13-21-33-26-19-18-22-14-9-10-15-23(22)27(26)28-30-25-17-12-11-16-24(25)29(32)31(28)20-6-4-2/h9-12,14-19,28,30H,3-8,13,20-21H2,1-2H3. The third-order valence-electron chi connectivity index (χ3n) is 6.48. The van der Waals surface area contributed by atoms with Crippen molar-refractivity contribution >= 4 is 22.4 Å². The Balaban J connectivity index is 1.71. The average molecular weight is 445 g/mol. The second-order valence-corrected chi connectivity index (χ2v) is 8.91. The molecule has 1 aliphatic heterocycles. The zero-order chi connectivity index (χ0) is 23.0. The summed E-state index contributed by atoms with van der Waals surface area (Å²) in [5, 5.41) is 5.97. The van der Waals surface area contributed by atoms with Crippen molar-refractivity contribution in [2.45, 2.75) is 65.0 Å². The topological polar surface area (TPSA) is 41.6 Å². The quantitative estimate of drug-likeness (QED) is 0.310. The minimum atomic E-state index is -0.264. The summed E-state index contributed by atoms with van der Waals surface area (Å²) in [5.74, 6) is 0.955. The number of unbranched alkanes of at least 4 members (excludes halogenated alkanes) is 5. The first-order valence-electron chi connectivity index (χ1n) is 12.6. The van der Waals surface area contributed by atoms with Gasteiger partial charge in [-0.2, -0.15) is 0 Å². The smallest absolute Gasteiger partial charge is 0.257 e. The van der Waals surface area contributed by atoms with E-state index in [1.807, 2.05) is 29.2 Å². The maximum atomic E-state index is 13.6. The Labute approximate surface area is 197 Å². The van der Waals surface area contributed by atoms with Gasteiger partial charge in [-0.05, 0) is 41.8 Å². The van der Waals surface area contributed by atoms with Gasteiger partial charge in [-0.25, -0.2) is 0 Å². The number of para-hydroxylation sites is 1. The Hall–Kier alpha value is -3.01. The molecule has 1 aliphatic rings. The highest BCUT2D eigenvalue weighted by Gasteiger charge is 2.35. The van der Waals surface area contributed by atoms with Crippen LogP contribution in [0.5, 0.6) is 5.75 Å². The number of ether oxygens (including phenoxy) is 1. The molecule has 3 aromatic rings. The van der Waals surface area contributed by atoms with Gasteiger partial charge in [0.2, 0.25) is 0 Å². The van der Waals surface area contributed by atoms with Gasteiger partial charge >= 0.3 is 0 Å². The second kappa shape index (κ2) is 11.2. The van der Waals surface area contributed by atoms with Crippen molar-refractivity contribution in [3.63, 3.8) is 0 Å². The molecule has 1 amide bonds. The predicted octanol–water partition coefficient (Wildman–Crippen LogP) is 7.56. The van der Waals surface area contributed by atoms with Gasteiger partial charge in [-0.15, -0.1) is 0 Å². The fourth-order valence-electron chi connectivity index (χ4n) is 4.65. The summed E-state index contributed by atoms with van der Waals surface area (Å²) in [7, 11) is 0. The molecule has 4 nitrogen and oxygen atoms in total. The van der Waals surface area contributed by atoms with E-state index in [1.165, 1.54) is 25.7 Å². The van der Waals surface area contributed by atoms with Crippen LogP contribution in [0.4, 0.5) is 5.69 Å². The summed E-state index contributed by atoms with van der Waals surface area (Å²) in [6.07, 6.45) is 7.75. The number of nitrogens with one attached hydrogen (secondary N) is 1. The number of anilines is 1. The first-order valence-corrected chi connectivity index (χ1v) is 12.6. The van der Waals surface area contributed by atoms with E-state index in [0.717, 1.165) is 52.6 Å². The first kappa shape index (κ1) is 23.2. The van der Waals surface area contributed by atoms with Gasteiger partial charge in [-0.1, -0.05) is 88.4 Å². The molecule has 0 bridgehead atoms. The molecular weight excluding hydrogens is 408 g/mol. The lowest BCUT2D eigenvalue weighted by Crippen LogP contribution is -2.43. The maximum absolute atomic E-state index is 13.6. The third kappa shape index (κ3) is 5.16. The molecule has 1 N–H and O–H groups in total. The average Bonchev–Trinajstić information content (AvgIpc) is 2.85. The fourth-order valence-corrected chi connectivity index (χ4v) is 4.65. The van der Waals surface area contributed by atoms with Gasteiger partial charge in [0.1, 0.15) is 11.9 Å². The van der Waals surface area contributed by atoms with E-state index in [9.17, 15) is 4.79 Å². The number of hydrogen-bond acceptors (Lipinski definition) is 3. The van der Waals surface area contributed by atoms with Gasteiger partial charge in [0.05, 0.1) is 12.2 Å². The molecule has 0 aliphatic carbocycles. The van der Waals surface area contributed by atoms with Crippen LogP contribution in [-0.4, -0.2) is 24.0 Å². The summed E-state index contributed by atoms with van der Waals surface area (Å²) in [5.41, 5.74) is 2.68. The van der Waals surface area contributed by atoms with Gasteiger partial charge in [0, 0.05) is 17.8 Å². The highest BCUT2D eigenvalue weighted by molar-refractivity contribution is 6.02. The molecule has 174 valence electrons. The summed E-state index contributed by atoms with van der Waals surface area (Å²) in [6, 6.07) is 20.4. The van der Waals surface area contributed by atoms with Crippen molar-refractivity contribution in [1.29, 1.82) is 0 Å². The van der Waals surface area contributed by atoms with Gasteiger partial charge < -0.3 is 15.0 Å². The lowest BCUT2D eigenvalue weighted by atomic mass is 9.97. The Morgan fingerprint density at radius 2 is 1.61 bits per heavy atom. The number of nitrogens with zero attached hydrogens (tertiary/aromatic N) is 1. The van der Waals surface area contributed by atoms with Crippen molar-refractivity contribution in [2.24, 2.45) is 0 Å². The van der Waals surface area contributed by atoms with Crippen LogP contribution in [0, 0.1) is 0 Å². The maximum Gasteiger partial charge on any atom is 0.257 e. The lowest BCUT2D eigenvalue weighted by Gasteiger charge is -2.39. The van der Waals surface area contributed by atoms with Crippen LogP contribution in [0.1, 0.15) is 80.9 Å². The molecule has 0 radical (unpaired) electrons. The second-order valence-electron chi connectivity index (χ2n) is 8.91. The number of amides is 1. The van der Waals surface area contributed by atoms with Crippen LogP contribution in [0.2, 0.25) is 0 Å². The molecule has 4 rings (SSSR count). The van der Waals surface area contributed by atoms with Gasteiger partial charge in [0.25, 0.3) is 5.91 Å². The number of carbonyl (C=O) groups excluding carboxylic acids is 1. The third-order valence-corrected chi connectivity index (χ3v) is 6.48. The molecule has 0 fully saturated rings. The Morgan fingerprint density at radius 1 is 0.848 bits per heavy atom. The van der Waals surface area contributed by atoms with Crippen molar-refractivity contribution in [3.8, 4) is 5.75 Å². The van der Waals surface area contributed by atoms with E-state index in [0.29, 0.717) is 13.2 Å². The Kier molecular flexibility index (Phi) is 7.87. The first-order chi connectivity index (χ1) is 16.2. The van der Waals surface area contributed by atoms with E-state index in [-0.39, 0.29) is 12.1 Å². The summed E-state index contributed by atoms with van der Waals surface area (Å²) >= 11 is 0. The lowest BCUT2D eigenvalue weighted by molar-refractivity contribution is 0.0679. The number of fused-ring (bicyclic) bond motifs is 2. The van der Waals surface area contributed by atoms with Crippen LogP contribution in [0.3, 0.4) is 0 Å². The monoisotopic (exact) mass is 444 g/mol. The number of hydrogen-bond donors (Lipinski definition) is 1. The van der Waals surface area contributed by atoms with Crippen LogP contribution in [0.15, 0.2) is 60.7 Å². The molecule has 1 heterocycles. The van der Waals surface area contributed by atoms with Crippen molar-refractivity contribution in [2.75, 3.05) is 18.5 Å². The zero-order valence-corrected chi connectivity index (χ0v) is 20.0. The molecule has 0 saturated carbocycles. The molecule has 33 heavy (non-hydrogen) atoms. The molecule has 0 saturated heterocycles. The largest absolute Gasteiger partial charge is 0.493 e. The zero-order valence-electron chi connectivity index (χ0n) is 20.0. The predicted molar refractivity (Wildman–Crippen MR) is 137 cm³/mol. The Bertz CT molecular complexity index is 1080. The SMILES string of the molecule is CCCCCCCOc1ccc2ccccc2c1C1Nc2ccccc2C(=O)N1CCCC. The van der Waals surface area contributed by atoms with E-state index >= 15 is 0 Å². The van der Waals surface area contributed by atoms with Crippen molar-refractivity contribution in [3.05, 3.63) is 71.8 Å². The molecule has 1 unspecified atom stereocenters. The number of carbonyl (C=O) groups is 1. The molecule has 4 heteroatoms. The van der Waals surface area contributed by atoms with Gasteiger partial charge in [-0.3, -0.25) is 4.79 Å². The van der Waals surface area contributed by atoms with E-state index in [2.05, 4.69) is 55.6 Å². The van der Waals surface area contributed by atoms with E-state index in [1.54, 1.807) is 0 Å². The molecule has 0 spiro atoms. The molecule has 3 aromatic carbocycles. The summed E-state index contributed by atoms with van der Waals surface area (Å²) in [6.45, 7) is 5.80. The summed E-state index contributed by atoms with van der Waals surface area (Å²) in [4.78, 5) is 15.5. The molecular formula is C29H36N2O2. The molecule has 1 atom stereocenters. The fraction of sp³-hybridized carbons (Fsp3) is 0.414. The van der Waals surface area contributed by atoms with E-state index in [4.69, 9.17) is 4.74 Å². The highest BCUT2D eigenvalue weighted by atomic mass is 16.5. The van der Waals surface area contributed by atoms with Crippen LogP contribution >= 0.6 is 0 Å². The van der Waals surface area contributed by atoms with E-state index < -0.39 is 0 Å². The minimum Gasteiger partial charge on any atom is -0.493 e. The minimum absolute atomic E-state index is 0.0845. The van der Waals surface area contributed by atoms with Crippen molar-refractivity contribution in [1.82, 2.24) is 4.90 Å². The van der Waals surface area contributed by atoms with Crippen LogP contribution < -0.4 is 10.1 Å². The number of benzene rings is 3. The Morgan fingerprint density at radius 3 is 2.45 bits per heavy atom. The van der Waals surface area contributed by atoms with Crippen LogP contribution in [0.25, 0.3) is 10.8 Å².